The first-order valence-electron chi connectivity index (χ1n) is 9.42. The Hall–Kier alpha value is -1.22. The van der Waals surface area contributed by atoms with Gasteiger partial charge in [0.2, 0.25) is 5.78 Å². The third-order valence-corrected chi connectivity index (χ3v) is 7.65. The van der Waals surface area contributed by atoms with E-state index in [4.69, 9.17) is 9.47 Å². The van der Waals surface area contributed by atoms with E-state index in [1.807, 2.05) is 15.0 Å². The number of likely N-dealkylation sites (N-methyl/N-ethyl adjacent to an activating group) is 1. The van der Waals surface area contributed by atoms with Crippen LogP contribution in [0.4, 0.5) is 0 Å². The molecule has 28 heavy (non-hydrogen) atoms. The summed E-state index contributed by atoms with van der Waals surface area (Å²) in [5.74, 6) is 2.70. The summed E-state index contributed by atoms with van der Waals surface area (Å²) in [6.07, 6.45) is 2.85. The number of ketones is 1. The molecule has 2 aliphatic rings. The largest absolute Gasteiger partial charge is 0.496 e. The summed E-state index contributed by atoms with van der Waals surface area (Å²) in [7, 11) is 5.09. The van der Waals surface area contributed by atoms with Gasteiger partial charge in [0.1, 0.15) is 11.5 Å². The summed E-state index contributed by atoms with van der Waals surface area (Å²) in [6, 6.07) is 3.59. The van der Waals surface area contributed by atoms with E-state index in [-0.39, 0.29) is 11.7 Å². The van der Waals surface area contributed by atoms with Crippen molar-refractivity contribution in [2.45, 2.75) is 45.8 Å². The van der Waals surface area contributed by atoms with Gasteiger partial charge in [0.15, 0.2) is 0 Å². The van der Waals surface area contributed by atoms with Crippen molar-refractivity contribution in [1.29, 1.82) is 0 Å². The molecule has 2 aliphatic heterocycles. The van der Waals surface area contributed by atoms with E-state index in [1.54, 1.807) is 34.1 Å². The Kier molecular flexibility index (Phi) is 6.34. The van der Waals surface area contributed by atoms with Gasteiger partial charge < -0.3 is 9.47 Å². The highest BCUT2D eigenvalue weighted by molar-refractivity contribution is 14.2. The Balaban J connectivity index is 1.96. The first-order chi connectivity index (χ1) is 13.3. The van der Waals surface area contributed by atoms with Crippen molar-refractivity contribution in [3.8, 4) is 11.5 Å². The minimum atomic E-state index is -1.35. The molecule has 0 aromatic heterocycles. The lowest BCUT2D eigenvalue weighted by Crippen LogP contribution is -2.53. The summed E-state index contributed by atoms with van der Waals surface area (Å²) in [6.45, 7) is 5.81. The van der Waals surface area contributed by atoms with E-state index in [0.29, 0.717) is 28.4 Å². The van der Waals surface area contributed by atoms with E-state index < -0.39 is 5.72 Å². The molecule has 3 rings (SSSR count). The van der Waals surface area contributed by atoms with E-state index in [2.05, 4.69) is 28.1 Å². The van der Waals surface area contributed by atoms with Crippen molar-refractivity contribution in [2.75, 3.05) is 19.9 Å². The number of carbonyl (C=O) groups excluding carboxylic acids is 2. The van der Waals surface area contributed by atoms with Crippen LogP contribution in [-0.2, 0) is 11.2 Å². The number of nitrogens with zero attached hydrogens (tertiary/aromatic N) is 1. The van der Waals surface area contributed by atoms with Gasteiger partial charge in [-0.25, -0.2) is 0 Å². The molecule has 2 heterocycles. The van der Waals surface area contributed by atoms with Gasteiger partial charge >= 0.3 is 0 Å². The molecule has 2 atom stereocenters. The lowest BCUT2D eigenvalue weighted by molar-refractivity contribution is -0.132. The maximum Gasteiger partial charge on any atom is 0.272 e. The minimum Gasteiger partial charge on any atom is -0.496 e. The molecule has 0 bridgehead atoms. The SMILES string of the molecule is COc1ccc2c(c1CCC[C@@H](C)CSI)O[C@]1(C2=O)C(C)=C(C)C(=O)N1C. The first kappa shape index (κ1) is 21.5. The lowest BCUT2D eigenvalue weighted by Gasteiger charge is -2.31. The van der Waals surface area contributed by atoms with Crippen molar-refractivity contribution in [2.24, 2.45) is 5.92 Å². The molecule has 0 aliphatic carbocycles. The van der Waals surface area contributed by atoms with Crippen LogP contribution in [0.5, 0.6) is 11.5 Å². The maximum absolute atomic E-state index is 13.4. The molecule has 7 heteroatoms. The van der Waals surface area contributed by atoms with E-state index in [1.165, 1.54) is 4.90 Å². The molecule has 0 unspecified atom stereocenters. The van der Waals surface area contributed by atoms with Crippen LogP contribution < -0.4 is 9.47 Å². The molecular weight excluding hydrogens is 489 g/mol. The van der Waals surface area contributed by atoms with E-state index >= 15 is 0 Å². The number of hydrogen-bond donors (Lipinski definition) is 0. The number of benzene rings is 1. The zero-order valence-electron chi connectivity index (χ0n) is 16.9. The fourth-order valence-corrected chi connectivity index (χ4v) is 6.28. The molecule has 152 valence electrons. The van der Waals surface area contributed by atoms with Crippen LogP contribution in [0.2, 0.25) is 0 Å². The van der Waals surface area contributed by atoms with Gasteiger partial charge in [0.25, 0.3) is 11.6 Å². The van der Waals surface area contributed by atoms with E-state index in [9.17, 15) is 9.59 Å². The average molecular weight is 515 g/mol. The second-order valence-electron chi connectivity index (χ2n) is 7.59. The summed E-state index contributed by atoms with van der Waals surface area (Å²) in [5, 5.41) is 0. The van der Waals surface area contributed by atoms with Gasteiger partial charge in [-0.05, 0) is 72.4 Å². The maximum atomic E-state index is 13.4. The van der Waals surface area contributed by atoms with E-state index in [0.717, 1.165) is 36.3 Å². The Morgan fingerprint density at radius 1 is 1.32 bits per heavy atom. The first-order valence-corrected chi connectivity index (χ1v) is 13.0. The molecule has 0 N–H and O–H groups in total. The highest BCUT2D eigenvalue weighted by Crippen LogP contribution is 2.49. The van der Waals surface area contributed by atoms with Gasteiger partial charge in [-0.1, -0.05) is 15.9 Å². The molecule has 0 radical (unpaired) electrons. The van der Waals surface area contributed by atoms with Gasteiger partial charge in [-0.2, -0.15) is 0 Å². The van der Waals surface area contributed by atoms with Crippen molar-refractivity contribution in [3.63, 3.8) is 0 Å². The van der Waals surface area contributed by atoms with Crippen molar-refractivity contribution < 1.29 is 19.1 Å². The predicted octanol–water partition coefficient (Wildman–Crippen LogP) is 4.82. The van der Waals surface area contributed by atoms with Gasteiger partial charge in [-0.3, -0.25) is 14.5 Å². The number of Topliss-reactive ketones (excluding diaryl/α,β-unsaturated/α-hetero) is 1. The van der Waals surface area contributed by atoms with Crippen LogP contribution in [0.25, 0.3) is 0 Å². The Bertz CT molecular complexity index is 853. The van der Waals surface area contributed by atoms with Crippen LogP contribution in [0.15, 0.2) is 23.3 Å². The second-order valence-corrected chi connectivity index (χ2v) is 10.0. The third-order valence-electron chi connectivity index (χ3n) is 5.88. The van der Waals surface area contributed by atoms with Crippen molar-refractivity contribution in [3.05, 3.63) is 34.4 Å². The lowest BCUT2D eigenvalue weighted by atomic mass is 9.94. The Labute approximate surface area is 182 Å². The zero-order valence-corrected chi connectivity index (χ0v) is 19.9. The van der Waals surface area contributed by atoms with Crippen LogP contribution in [0.3, 0.4) is 0 Å². The molecule has 1 aromatic rings. The summed E-state index contributed by atoms with van der Waals surface area (Å²) < 4.78 is 11.9. The van der Waals surface area contributed by atoms with Crippen LogP contribution in [0, 0.1) is 5.92 Å². The molecule has 0 fully saturated rings. The standard InChI is InChI=1S/C21H26INO4S/c1-12(11-28-22)7-6-8-15-17(26-5)10-9-16-18(15)27-21(19(16)24)14(3)13(2)20(25)23(21)4/h9-10,12H,6-8,11H2,1-5H3/t12-,21+/m1/s1. The number of rotatable bonds is 7. The smallest absolute Gasteiger partial charge is 0.272 e. The molecule has 1 spiro atoms. The average Bonchev–Trinajstić information content (AvgIpc) is 3.06. The molecule has 0 saturated carbocycles. The van der Waals surface area contributed by atoms with Crippen LogP contribution in [-0.4, -0.2) is 42.2 Å². The minimum absolute atomic E-state index is 0.169. The highest BCUT2D eigenvalue weighted by Gasteiger charge is 2.59. The Morgan fingerprint density at radius 3 is 2.61 bits per heavy atom. The molecule has 5 nitrogen and oxygen atoms in total. The Morgan fingerprint density at radius 2 is 2.04 bits per heavy atom. The quantitative estimate of drug-likeness (QED) is 0.488. The topological polar surface area (TPSA) is 55.8 Å². The van der Waals surface area contributed by atoms with Crippen LogP contribution >= 0.6 is 30.1 Å². The van der Waals surface area contributed by atoms with Gasteiger partial charge in [0, 0.05) is 29.5 Å². The summed E-state index contributed by atoms with van der Waals surface area (Å²) in [4.78, 5) is 27.3. The molecule has 1 amide bonds. The summed E-state index contributed by atoms with van der Waals surface area (Å²) >= 11 is 2.33. The number of ether oxygens (including phenoxy) is 2. The third kappa shape index (κ3) is 3.24. The van der Waals surface area contributed by atoms with Gasteiger partial charge in [-0.15, -0.1) is 0 Å². The number of amides is 1. The zero-order chi connectivity index (χ0) is 20.6. The van der Waals surface area contributed by atoms with Crippen molar-refractivity contribution >= 4 is 41.8 Å². The number of hydrogen-bond acceptors (Lipinski definition) is 5. The predicted molar refractivity (Wildman–Crippen MR) is 120 cm³/mol. The fraction of sp³-hybridized carbons (Fsp3) is 0.524. The monoisotopic (exact) mass is 515 g/mol. The number of methoxy groups -OCH3 is 1. The fourth-order valence-electron chi connectivity index (χ4n) is 4.06. The number of fused-ring (bicyclic) bond motifs is 1. The van der Waals surface area contributed by atoms with Gasteiger partial charge in [0.05, 0.1) is 12.7 Å². The molecule has 1 aromatic carbocycles. The second kappa shape index (κ2) is 8.26. The normalized spacial score (nSPS) is 22.1. The van der Waals surface area contributed by atoms with Crippen LogP contribution in [0.1, 0.15) is 49.5 Å². The number of carbonyl (C=O) groups is 2. The highest BCUT2D eigenvalue weighted by atomic mass is 127. The summed E-state index contributed by atoms with van der Waals surface area (Å²) in [5.41, 5.74) is 1.33. The molecular formula is C21H26INO4S. The molecule has 0 saturated heterocycles. The number of halogens is 1. The van der Waals surface area contributed by atoms with Crippen molar-refractivity contribution in [1.82, 2.24) is 4.90 Å².